The summed E-state index contributed by atoms with van der Waals surface area (Å²) in [5.74, 6) is 1.04. The van der Waals surface area contributed by atoms with Crippen molar-refractivity contribution in [3.63, 3.8) is 0 Å². The lowest BCUT2D eigenvalue weighted by atomic mass is 9.92. The fraction of sp³-hybridized carbons (Fsp3) is 0.526. The molecule has 1 aliphatic rings. The second-order valence-electron chi connectivity index (χ2n) is 6.90. The minimum absolute atomic E-state index is 0.00545. The Kier molecular flexibility index (Phi) is 5.68. The largest absolute Gasteiger partial charge is 0.393 e. The molecule has 1 saturated heterocycles. The molecule has 0 unspecified atom stereocenters. The zero-order valence-corrected chi connectivity index (χ0v) is 15.3. The van der Waals surface area contributed by atoms with Gasteiger partial charge in [0.1, 0.15) is 5.60 Å². The highest BCUT2D eigenvalue weighted by atomic mass is 16.5. The summed E-state index contributed by atoms with van der Waals surface area (Å²) in [5.41, 5.74) is 1.51. The monoisotopic (exact) mass is 359 g/mol. The number of nitrogens with zero attached hydrogens (tertiary/aromatic N) is 3. The molecule has 0 aliphatic carbocycles. The molecule has 7 nitrogen and oxygen atoms in total. The van der Waals surface area contributed by atoms with Crippen LogP contribution in [-0.2, 0) is 22.4 Å². The molecule has 0 radical (unpaired) electrons. The first kappa shape index (κ1) is 18.5. The molecule has 2 heterocycles. The predicted molar refractivity (Wildman–Crippen MR) is 94.6 cm³/mol. The Morgan fingerprint density at radius 1 is 1.31 bits per heavy atom. The highest BCUT2D eigenvalue weighted by Gasteiger charge is 2.38. The summed E-state index contributed by atoms with van der Waals surface area (Å²) in [6, 6.07) is 8.15. The van der Waals surface area contributed by atoms with Crippen molar-refractivity contribution in [2.75, 3.05) is 26.3 Å². The smallest absolute Gasteiger partial charge is 0.227 e. The Bertz CT molecular complexity index is 743. The van der Waals surface area contributed by atoms with Crippen LogP contribution in [-0.4, -0.2) is 58.0 Å². The Balaban J connectivity index is 1.62. The maximum absolute atomic E-state index is 12.6. The van der Waals surface area contributed by atoms with Gasteiger partial charge < -0.3 is 19.3 Å². The third kappa shape index (κ3) is 4.47. The number of benzene rings is 1. The first-order valence-corrected chi connectivity index (χ1v) is 8.87. The number of hydrogen-bond acceptors (Lipinski definition) is 6. The predicted octanol–water partition coefficient (Wildman–Crippen LogP) is 1.45. The van der Waals surface area contributed by atoms with Crippen molar-refractivity contribution in [3.05, 3.63) is 47.1 Å². The summed E-state index contributed by atoms with van der Waals surface area (Å²) in [6.07, 6.45) is 1.28. The van der Waals surface area contributed by atoms with Crippen LogP contribution in [0.2, 0.25) is 0 Å². The van der Waals surface area contributed by atoms with Crippen LogP contribution in [0.1, 0.15) is 29.3 Å². The molecule has 26 heavy (non-hydrogen) atoms. The number of morpholine rings is 1. The molecule has 1 aromatic carbocycles. The Hall–Kier alpha value is -2.25. The molecular formula is C19H25N3O4. The number of hydrogen-bond donors (Lipinski definition) is 1. The summed E-state index contributed by atoms with van der Waals surface area (Å²) >= 11 is 0. The highest BCUT2D eigenvalue weighted by molar-refractivity contribution is 5.76. The molecule has 0 spiro atoms. The van der Waals surface area contributed by atoms with Crippen molar-refractivity contribution in [1.82, 2.24) is 15.0 Å². The number of rotatable bonds is 6. The van der Waals surface area contributed by atoms with Gasteiger partial charge in [-0.2, -0.15) is 4.98 Å². The molecule has 1 aliphatic heterocycles. The van der Waals surface area contributed by atoms with Crippen LogP contribution < -0.4 is 0 Å². The fourth-order valence-corrected chi connectivity index (χ4v) is 3.21. The van der Waals surface area contributed by atoms with Crippen molar-refractivity contribution in [1.29, 1.82) is 0 Å². The van der Waals surface area contributed by atoms with E-state index in [1.807, 2.05) is 31.2 Å². The first-order chi connectivity index (χ1) is 12.5. The number of carbonyl (C=O) groups is 1. The standard InChI is InChI=1S/C19H25N3O4/c1-14-3-5-16(6-4-14)11-19(13-23)12-22(9-10-25-19)18(24)8-7-17-20-15(2)21-26-17/h3-6,23H,7-13H2,1-2H3/t19-/m1/s1. The van der Waals surface area contributed by atoms with Gasteiger partial charge in [0.05, 0.1) is 19.8 Å². The maximum Gasteiger partial charge on any atom is 0.227 e. The number of aryl methyl sites for hydroxylation is 3. The number of carbonyl (C=O) groups excluding carboxylic acids is 1. The van der Waals surface area contributed by atoms with E-state index in [1.54, 1.807) is 11.8 Å². The van der Waals surface area contributed by atoms with Crippen LogP contribution in [0.4, 0.5) is 0 Å². The summed E-state index contributed by atoms with van der Waals surface area (Å²) < 4.78 is 11.0. The van der Waals surface area contributed by atoms with Crippen LogP contribution in [0.15, 0.2) is 28.8 Å². The SMILES string of the molecule is Cc1ccc(C[C@]2(CO)CN(C(=O)CCc3nc(C)no3)CCO2)cc1. The molecule has 7 heteroatoms. The normalized spacial score (nSPS) is 20.3. The summed E-state index contributed by atoms with van der Waals surface area (Å²) in [4.78, 5) is 18.5. The molecule has 1 aromatic heterocycles. The maximum atomic E-state index is 12.6. The van der Waals surface area contributed by atoms with Crippen molar-refractivity contribution in [2.24, 2.45) is 0 Å². The average Bonchev–Trinajstić information content (AvgIpc) is 3.07. The molecule has 2 aromatic rings. The lowest BCUT2D eigenvalue weighted by Gasteiger charge is -2.42. The number of aliphatic hydroxyl groups is 1. The minimum atomic E-state index is -0.760. The Morgan fingerprint density at radius 2 is 2.08 bits per heavy atom. The second-order valence-corrected chi connectivity index (χ2v) is 6.90. The van der Waals surface area contributed by atoms with E-state index in [9.17, 15) is 9.90 Å². The number of aromatic nitrogens is 2. The quantitative estimate of drug-likeness (QED) is 0.840. The van der Waals surface area contributed by atoms with Gasteiger partial charge >= 0.3 is 0 Å². The third-order valence-corrected chi connectivity index (χ3v) is 4.66. The fourth-order valence-electron chi connectivity index (χ4n) is 3.21. The van der Waals surface area contributed by atoms with E-state index in [1.165, 1.54) is 5.56 Å². The summed E-state index contributed by atoms with van der Waals surface area (Å²) in [7, 11) is 0. The number of amides is 1. The highest BCUT2D eigenvalue weighted by Crippen LogP contribution is 2.24. The molecule has 0 bridgehead atoms. The molecule has 1 fully saturated rings. The molecular weight excluding hydrogens is 334 g/mol. The lowest BCUT2D eigenvalue weighted by molar-refractivity contribution is -0.158. The molecule has 3 rings (SSSR count). The minimum Gasteiger partial charge on any atom is -0.393 e. The lowest BCUT2D eigenvalue weighted by Crippen LogP contribution is -2.56. The Labute approximate surface area is 153 Å². The van der Waals surface area contributed by atoms with Crippen LogP contribution in [0, 0.1) is 13.8 Å². The van der Waals surface area contributed by atoms with Crippen LogP contribution in [0.3, 0.4) is 0 Å². The van der Waals surface area contributed by atoms with E-state index in [2.05, 4.69) is 10.1 Å². The van der Waals surface area contributed by atoms with Crippen molar-refractivity contribution in [3.8, 4) is 0 Å². The zero-order valence-electron chi connectivity index (χ0n) is 15.3. The van der Waals surface area contributed by atoms with E-state index < -0.39 is 5.60 Å². The van der Waals surface area contributed by atoms with Gasteiger partial charge in [-0.1, -0.05) is 35.0 Å². The van der Waals surface area contributed by atoms with Crippen molar-refractivity contribution < 1.29 is 19.2 Å². The number of aliphatic hydroxyl groups excluding tert-OH is 1. The third-order valence-electron chi connectivity index (χ3n) is 4.66. The van der Waals surface area contributed by atoms with Gasteiger partial charge in [-0.25, -0.2) is 0 Å². The van der Waals surface area contributed by atoms with E-state index in [0.717, 1.165) is 5.56 Å². The van der Waals surface area contributed by atoms with E-state index in [4.69, 9.17) is 9.26 Å². The Morgan fingerprint density at radius 3 is 2.73 bits per heavy atom. The number of ether oxygens (including phenoxy) is 1. The van der Waals surface area contributed by atoms with Gasteiger partial charge in [-0.05, 0) is 19.4 Å². The van der Waals surface area contributed by atoms with Gasteiger partial charge in [0.25, 0.3) is 0 Å². The van der Waals surface area contributed by atoms with Gasteiger partial charge in [-0.3, -0.25) is 4.79 Å². The zero-order chi connectivity index (χ0) is 18.6. The van der Waals surface area contributed by atoms with Gasteiger partial charge in [0.15, 0.2) is 5.82 Å². The molecule has 0 saturated carbocycles. The van der Waals surface area contributed by atoms with Crippen LogP contribution >= 0.6 is 0 Å². The topological polar surface area (TPSA) is 88.7 Å². The van der Waals surface area contributed by atoms with Crippen LogP contribution in [0.25, 0.3) is 0 Å². The second kappa shape index (κ2) is 7.97. The van der Waals surface area contributed by atoms with E-state index >= 15 is 0 Å². The van der Waals surface area contributed by atoms with Gasteiger partial charge in [-0.15, -0.1) is 0 Å². The van der Waals surface area contributed by atoms with E-state index in [0.29, 0.717) is 50.7 Å². The first-order valence-electron chi connectivity index (χ1n) is 8.87. The van der Waals surface area contributed by atoms with Gasteiger partial charge in [0.2, 0.25) is 11.8 Å². The van der Waals surface area contributed by atoms with Gasteiger partial charge in [0, 0.05) is 25.8 Å². The van der Waals surface area contributed by atoms with Crippen molar-refractivity contribution >= 4 is 5.91 Å². The average molecular weight is 359 g/mol. The summed E-state index contributed by atoms with van der Waals surface area (Å²) in [6.45, 7) is 4.97. The molecule has 1 atom stereocenters. The van der Waals surface area contributed by atoms with E-state index in [-0.39, 0.29) is 12.5 Å². The van der Waals surface area contributed by atoms with Crippen molar-refractivity contribution in [2.45, 2.75) is 38.7 Å². The summed E-state index contributed by atoms with van der Waals surface area (Å²) in [5, 5.41) is 13.7. The van der Waals surface area contributed by atoms with Crippen LogP contribution in [0.5, 0.6) is 0 Å². The molecule has 1 amide bonds. The molecule has 140 valence electrons. The molecule has 1 N–H and O–H groups in total.